The van der Waals surface area contributed by atoms with E-state index in [4.69, 9.17) is 17.3 Å². The number of nitrogens with two attached hydrogens (primary N) is 1. The van der Waals surface area contributed by atoms with Crippen LogP contribution < -0.4 is 5.73 Å². The lowest BCUT2D eigenvalue weighted by Crippen LogP contribution is -2.19. The molecule has 0 aromatic heterocycles. The minimum absolute atomic E-state index is 0.227. The van der Waals surface area contributed by atoms with Gasteiger partial charge < -0.3 is 5.73 Å². The van der Waals surface area contributed by atoms with Crippen LogP contribution in [0.1, 0.15) is 25.8 Å². The average molecular weight is 244 g/mol. The molecule has 0 aliphatic rings. The molecule has 1 aromatic carbocycles. The van der Waals surface area contributed by atoms with E-state index in [1.807, 2.05) is 0 Å². The van der Waals surface area contributed by atoms with Gasteiger partial charge in [-0.25, -0.2) is 4.39 Å². The van der Waals surface area contributed by atoms with Gasteiger partial charge in [-0.2, -0.15) is 0 Å². The third kappa shape index (κ3) is 4.11. The smallest absolute Gasteiger partial charge is 0.127 e. The summed E-state index contributed by atoms with van der Waals surface area (Å²) in [5.74, 6) is 0.703. The summed E-state index contributed by atoms with van der Waals surface area (Å²) in [5.41, 5.74) is 6.41. The van der Waals surface area contributed by atoms with Crippen LogP contribution in [0.4, 0.5) is 4.39 Å². The Bertz CT molecular complexity index is 339. The number of halogens is 2. The van der Waals surface area contributed by atoms with E-state index in [2.05, 4.69) is 13.8 Å². The Balaban J connectivity index is 2.70. The fourth-order valence-corrected chi connectivity index (χ4v) is 2.09. The van der Waals surface area contributed by atoms with Gasteiger partial charge in [0.05, 0.1) is 0 Å². The van der Waals surface area contributed by atoms with Crippen molar-refractivity contribution in [2.24, 2.45) is 17.6 Å². The summed E-state index contributed by atoms with van der Waals surface area (Å²) in [5, 5.41) is 0.439. The zero-order valence-electron chi connectivity index (χ0n) is 9.84. The van der Waals surface area contributed by atoms with E-state index in [-0.39, 0.29) is 5.82 Å². The second-order valence-electron chi connectivity index (χ2n) is 4.67. The van der Waals surface area contributed by atoms with E-state index < -0.39 is 0 Å². The minimum atomic E-state index is -0.227. The van der Waals surface area contributed by atoms with Crippen molar-refractivity contribution in [1.82, 2.24) is 0 Å². The van der Waals surface area contributed by atoms with Gasteiger partial charge in [0.1, 0.15) is 5.82 Å². The summed E-state index contributed by atoms with van der Waals surface area (Å²) in [6.07, 6.45) is 1.72. The van der Waals surface area contributed by atoms with Gasteiger partial charge >= 0.3 is 0 Å². The van der Waals surface area contributed by atoms with Crippen LogP contribution in [0.25, 0.3) is 0 Å². The Kier molecular flexibility index (Phi) is 5.23. The molecule has 0 saturated carbocycles. The van der Waals surface area contributed by atoms with Crippen molar-refractivity contribution in [2.45, 2.75) is 26.7 Å². The molecular formula is C13H19ClFN. The highest BCUT2D eigenvalue weighted by molar-refractivity contribution is 6.30. The average Bonchev–Trinajstić information content (AvgIpc) is 2.20. The van der Waals surface area contributed by atoms with E-state index in [1.165, 1.54) is 6.07 Å². The molecule has 0 bridgehead atoms. The predicted octanol–water partition coefficient (Wildman–Crippen LogP) is 3.64. The van der Waals surface area contributed by atoms with Crippen LogP contribution in [0.15, 0.2) is 18.2 Å². The minimum Gasteiger partial charge on any atom is -0.330 e. The Morgan fingerprint density at radius 2 is 2.06 bits per heavy atom. The number of rotatable bonds is 5. The van der Waals surface area contributed by atoms with Gasteiger partial charge in [0, 0.05) is 5.02 Å². The molecule has 1 aromatic rings. The fraction of sp³-hybridized carbons (Fsp3) is 0.538. The highest BCUT2D eigenvalue weighted by Gasteiger charge is 2.12. The van der Waals surface area contributed by atoms with Crippen LogP contribution in [0.3, 0.4) is 0 Å². The topological polar surface area (TPSA) is 26.0 Å². The zero-order chi connectivity index (χ0) is 12.1. The Morgan fingerprint density at radius 1 is 1.38 bits per heavy atom. The molecule has 0 saturated heterocycles. The van der Waals surface area contributed by atoms with Gasteiger partial charge in [0.2, 0.25) is 0 Å². The van der Waals surface area contributed by atoms with Crippen LogP contribution in [-0.2, 0) is 6.42 Å². The molecule has 0 amide bonds. The molecule has 0 radical (unpaired) electrons. The SMILES string of the molecule is CC(C)CC(CN)Cc1ccc(Cl)cc1F. The lowest BCUT2D eigenvalue weighted by Gasteiger charge is -2.17. The summed E-state index contributed by atoms with van der Waals surface area (Å²) < 4.78 is 13.6. The van der Waals surface area contributed by atoms with E-state index in [0.717, 1.165) is 6.42 Å². The Hall–Kier alpha value is -0.600. The first-order valence-corrected chi connectivity index (χ1v) is 6.04. The summed E-state index contributed by atoms with van der Waals surface area (Å²) >= 11 is 5.71. The van der Waals surface area contributed by atoms with E-state index in [9.17, 15) is 4.39 Å². The van der Waals surface area contributed by atoms with Crippen molar-refractivity contribution in [3.8, 4) is 0 Å². The van der Waals surface area contributed by atoms with Gasteiger partial charge in [0.25, 0.3) is 0 Å². The largest absolute Gasteiger partial charge is 0.330 e. The Morgan fingerprint density at radius 3 is 2.56 bits per heavy atom. The molecule has 3 heteroatoms. The quantitative estimate of drug-likeness (QED) is 0.840. The van der Waals surface area contributed by atoms with Crippen LogP contribution in [0.2, 0.25) is 5.02 Å². The monoisotopic (exact) mass is 243 g/mol. The van der Waals surface area contributed by atoms with E-state index >= 15 is 0 Å². The third-order valence-corrected chi connectivity index (χ3v) is 2.90. The van der Waals surface area contributed by atoms with Crippen molar-refractivity contribution in [2.75, 3.05) is 6.54 Å². The second kappa shape index (κ2) is 6.21. The first-order valence-electron chi connectivity index (χ1n) is 5.67. The standard InChI is InChI=1S/C13H19ClFN/c1-9(2)5-10(8-16)6-11-3-4-12(14)7-13(11)15/h3-4,7,9-10H,5-6,8,16H2,1-2H3. The van der Waals surface area contributed by atoms with Crippen molar-refractivity contribution in [1.29, 1.82) is 0 Å². The summed E-state index contributed by atoms with van der Waals surface area (Å²) in [6.45, 7) is 4.90. The molecule has 16 heavy (non-hydrogen) atoms. The van der Waals surface area contributed by atoms with Gasteiger partial charge in [-0.3, -0.25) is 0 Å². The Labute approximate surface area is 102 Å². The van der Waals surface area contributed by atoms with Crippen molar-refractivity contribution >= 4 is 11.6 Å². The van der Waals surface area contributed by atoms with Crippen LogP contribution in [0.5, 0.6) is 0 Å². The number of hydrogen-bond donors (Lipinski definition) is 1. The van der Waals surface area contributed by atoms with Crippen molar-refractivity contribution in [3.05, 3.63) is 34.6 Å². The molecule has 0 aliphatic heterocycles. The van der Waals surface area contributed by atoms with Gasteiger partial charge in [-0.1, -0.05) is 31.5 Å². The van der Waals surface area contributed by atoms with Gasteiger partial charge in [-0.05, 0) is 48.9 Å². The molecule has 2 N–H and O–H groups in total. The van der Waals surface area contributed by atoms with Crippen LogP contribution in [-0.4, -0.2) is 6.54 Å². The summed E-state index contributed by atoms with van der Waals surface area (Å²) in [4.78, 5) is 0. The highest BCUT2D eigenvalue weighted by Crippen LogP contribution is 2.20. The van der Waals surface area contributed by atoms with Crippen molar-refractivity contribution in [3.63, 3.8) is 0 Å². The van der Waals surface area contributed by atoms with E-state index in [0.29, 0.717) is 35.4 Å². The van der Waals surface area contributed by atoms with Crippen LogP contribution in [0, 0.1) is 17.7 Å². The maximum Gasteiger partial charge on any atom is 0.127 e. The lowest BCUT2D eigenvalue weighted by molar-refractivity contribution is 0.409. The molecule has 90 valence electrons. The first-order chi connectivity index (χ1) is 7.52. The molecule has 1 unspecified atom stereocenters. The van der Waals surface area contributed by atoms with Gasteiger partial charge in [0.15, 0.2) is 0 Å². The predicted molar refractivity (Wildman–Crippen MR) is 67.1 cm³/mol. The summed E-state index contributed by atoms with van der Waals surface area (Å²) in [6, 6.07) is 4.84. The van der Waals surface area contributed by atoms with Gasteiger partial charge in [-0.15, -0.1) is 0 Å². The number of hydrogen-bond acceptors (Lipinski definition) is 1. The van der Waals surface area contributed by atoms with E-state index in [1.54, 1.807) is 12.1 Å². The zero-order valence-corrected chi connectivity index (χ0v) is 10.6. The molecular weight excluding hydrogens is 225 g/mol. The third-order valence-electron chi connectivity index (χ3n) is 2.66. The van der Waals surface area contributed by atoms with Crippen molar-refractivity contribution < 1.29 is 4.39 Å². The molecule has 0 heterocycles. The molecule has 1 rings (SSSR count). The molecule has 1 nitrogen and oxygen atoms in total. The molecule has 1 atom stereocenters. The first kappa shape index (κ1) is 13.5. The maximum atomic E-state index is 13.6. The second-order valence-corrected chi connectivity index (χ2v) is 5.11. The molecule has 0 spiro atoms. The van der Waals surface area contributed by atoms with Crippen LogP contribution >= 0.6 is 11.6 Å². The molecule has 0 fully saturated rings. The highest BCUT2D eigenvalue weighted by atomic mass is 35.5. The number of benzene rings is 1. The lowest BCUT2D eigenvalue weighted by atomic mass is 9.91. The normalized spacial score (nSPS) is 13.1. The maximum absolute atomic E-state index is 13.6. The summed E-state index contributed by atoms with van der Waals surface area (Å²) in [7, 11) is 0. The molecule has 0 aliphatic carbocycles. The fourth-order valence-electron chi connectivity index (χ4n) is 1.93.